The Hall–Kier alpha value is -1.03. The van der Waals surface area contributed by atoms with Gasteiger partial charge in [0.2, 0.25) is 5.91 Å². The summed E-state index contributed by atoms with van der Waals surface area (Å²) < 4.78 is 28.7. The van der Waals surface area contributed by atoms with Crippen LogP contribution in [-0.4, -0.2) is 81.8 Å². The molecule has 0 spiro atoms. The summed E-state index contributed by atoms with van der Waals surface area (Å²) in [6, 6.07) is 0. The van der Waals surface area contributed by atoms with Crippen LogP contribution in [-0.2, 0) is 28.5 Å². The minimum Gasteiger partial charge on any atom is -0.392 e. The van der Waals surface area contributed by atoms with Gasteiger partial charge in [-0.1, -0.05) is 46.8 Å². The van der Waals surface area contributed by atoms with Crippen molar-refractivity contribution >= 4 is 5.91 Å². The van der Waals surface area contributed by atoms with Crippen LogP contribution in [0.2, 0.25) is 0 Å². The molecule has 2 rings (SSSR count). The Morgan fingerprint density at radius 1 is 1.21 bits per heavy atom. The zero-order valence-electron chi connectivity index (χ0n) is 22.8. The molecule has 8 atom stereocenters. The van der Waals surface area contributed by atoms with Crippen molar-refractivity contribution in [2.45, 2.75) is 110 Å². The summed E-state index contributed by atoms with van der Waals surface area (Å²) in [7, 11) is 4.79. The Kier molecular flexibility index (Phi) is 13.2. The van der Waals surface area contributed by atoms with Gasteiger partial charge in [0.05, 0.1) is 43.5 Å². The van der Waals surface area contributed by atoms with E-state index in [1.54, 1.807) is 14.2 Å². The fraction of sp³-hybridized carbons (Fsp3) is 0.885. The topological polar surface area (TPSA) is 95.5 Å². The summed E-state index contributed by atoms with van der Waals surface area (Å²) >= 11 is 0. The van der Waals surface area contributed by atoms with Crippen LogP contribution in [0.1, 0.15) is 67.2 Å². The van der Waals surface area contributed by atoms with E-state index in [0.29, 0.717) is 25.9 Å². The van der Waals surface area contributed by atoms with E-state index in [0.717, 1.165) is 5.57 Å². The molecule has 0 aliphatic carbocycles. The van der Waals surface area contributed by atoms with E-state index in [4.69, 9.17) is 23.7 Å². The predicted molar refractivity (Wildman–Crippen MR) is 133 cm³/mol. The zero-order chi connectivity index (χ0) is 26.1. The number of aliphatic hydroxyl groups is 1. The average molecular weight is 488 g/mol. The van der Waals surface area contributed by atoms with Gasteiger partial charge in [-0.25, -0.2) is 0 Å². The molecule has 34 heavy (non-hydrogen) atoms. The van der Waals surface area contributed by atoms with Crippen LogP contribution in [0.5, 0.6) is 0 Å². The number of rotatable bonds is 10. The van der Waals surface area contributed by atoms with Gasteiger partial charge in [-0.05, 0) is 13.3 Å². The molecule has 1 amide bonds. The van der Waals surface area contributed by atoms with E-state index in [-0.39, 0.29) is 42.7 Å². The molecule has 0 saturated carbocycles. The summed E-state index contributed by atoms with van der Waals surface area (Å²) in [6.45, 7) is 16.6. The van der Waals surface area contributed by atoms with E-state index in [1.165, 1.54) is 7.11 Å². The van der Waals surface area contributed by atoms with Gasteiger partial charge < -0.3 is 34.1 Å². The smallest absolute Gasteiger partial charge is 0.224 e. The van der Waals surface area contributed by atoms with Gasteiger partial charge in [-0.2, -0.15) is 0 Å². The highest BCUT2D eigenvalue weighted by molar-refractivity contribution is 5.76. The van der Waals surface area contributed by atoms with Crippen molar-refractivity contribution in [1.29, 1.82) is 0 Å². The summed E-state index contributed by atoms with van der Waals surface area (Å²) in [5, 5.41) is 13.8. The van der Waals surface area contributed by atoms with Crippen molar-refractivity contribution in [3.63, 3.8) is 0 Å². The van der Waals surface area contributed by atoms with Crippen LogP contribution in [0.25, 0.3) is 0 Å². The summed E-state index contributed by atoms with van der Waals surface area (Å²) in [6.07, 6.45) is -0.596. The monoisotopic (exact) mass is 487 g/mol. The van der Waals surface area contributed by atoms with Crippen LogP contribution in [0.4, 0.5) is 0 Å². The molecule has 2 N–H and O–H groups in total. The van der Waals surface area contributed by atoms with Crippen molar-refractivity contribution in [3.05, 3.63) is 12.2 Å². The Morgan fingerprint density at radius 3 is 2.38 bits per heavy atom. The van der Waals surface area contributed by atoms with Crippen molar-refractivity contribution in [2.75, 3.05) is 27.9 Å². The maximum absolute atomic E-state index is 12.8. The molecule has 0 aromatic carbocycles. The highest BCUT2D eigenvalue weighted by Gasteiger charge is 2.47. The zero-order valence-corrected chi connectivity index (χ0v) is 22.8. The normalized spacial score (nSPS) is 32.8. The van der Waals surface area contributed by atoms with Crippen LogP contribution >= 0.6 is 0 Å². The molecule has 2 aliphatic heterocycles. The lowest BCUT2D eigenvalue weighted by Gasteiger charge is -2.48. The number of carbonyl (C=O) groups excluding carboxylic acids is 1. The number of aliphatic hydroxyl groups excluding tert-OH is 1. The maximum Gasteiger partial charge on any atom is 0.224 e. The lowest BCUT2D eigenvalue weighted by atomic mass is 9.74. The van der Waals surface area contributed by atoms with E-state index < -0.39 is 23.9 Å². The molecular formula is C26H49NO7. The maximum atomic E-state index is 12.8. The first kappa shape index (κ1) is 31.0. The molecule has 8 nitrogen and oxygen atoms in total. The third-order valence-electron chi connectivity index (χ3n) is 7.20. The molecule has 0 radical (unpaired) electrons. The number of hydrogen-bond donors (Lipinski definition) is 2. The minimum absolute atomic E-state index is 0.0351. The van der Waals surface area contributed by atoms with Gasteiger partial charge >= 0.3 is 0 Å². The van der Waals surface area contributed by atoms with E-state index >= 15 is 0 Å². The Labute approximate surface area is 206 Å². The SMILES string of the molecule is C=C1CC(CC(=O)NC(OC)C2CC(O)C(C)(C)C(CC(COC)OC)O2)OC(C)C1C.CC. The molecule has 2 saturated heterocycles. The summed E-state index contributed by atoms with van der Waals surface area (Å²) in [4.78, 5) is 12.8. The number of nitrogens with one attached hydrogen (secondary N) is 1. The second kappa shape index (κ2) is 14.5. The van der Waals surface area contributed by atoms with Crippen LogP contribution in [0, 0.1) is 11.3 Å². The lowest BCUT2D eigenvalue weighted by molar-refractivity contribution is -0.216. The Balaban J connectivity index is 0.00000281. The fourth-order valence-corrected chi connectivity index (χ4v) is 4.52. The molecule has 0 aromatic heterocycles. The number of ether oxygens (including phenoxy) is 5. The molecule has 8 unspecified atom stereocenters. The standard InChI is InChI=1S/C24H43NO7.C2H6/c1-14-9-17(31-16(3)15(14)2)11-22(27)25-23(30-8)19-12-20(26)24(4,5)21(32-19)10-18(29-7)13-28-6;1-2/h15-21,23,26H,1,9-13H2,2-8H3,(H,25,27);1-2H3. The summed E-state index contributed by atoms with van der Waals surface area (Å²) in [5.74, 6) is 0.109. The van der Waals surface area contributed by atoms with Crippen molar-refractivity contribution in [1.82, 2.24) is 5.32 Å². The first-order valence-electron chi connectivity index (χ1n) is 12.5. The van der Waals surface area contributed by atoms with Gasteiger partial charge in [0.15, 0.2) is 6.23 Å². The second-order valence-corrected chi connectivity index (χ2v) is 9.83. The molecule has 200 valence electrons. The van der Waals surface area contributed by atoms with Crippen LogP contribution in [0.3, 0.4) is 0 Å². The van der Waals surface area contributed by atoms with E-state index in [2.05, 4.69) is 18.8 Å². The highest BCUT2D eigenvalue weighted by Crippen LogP contribution is 2.40. The molecule has 0 aromatic rings. The van der Waals surface area contributed by atoms with Crippen LogP contribution in [0.15, 0.2) is 12.2 Å². The van der Waals surface area contributed by atoms with Crippen LogP contribution < -0.4 is 5.32 Å². The predicted octanol–water partition coefficient (Wildman–Crippen LogP) is 3.46. The van der Waals surface area contributed by atoms with Gasteiger partial charge in [-0.15, -0.1) is 0 Å². The fourth-order valence-electron chi connectivity index (χ4n) is 4.52. The van der Waals surface area contributed by atoms with Gasteiger partial charge in [-0.3, -0.25) is 4.79 Å². The average Bonchev–Trinajstić information content (AvgIpc) is 2.79. The van der Waals surface area contributed by atoms with Gasteiger partial charge in [0.25, 0.3) is 0 Å². The van der Waals surface area contributed by atoms with Gasteiger partial charge in [0, 0.05) is 45.5 Å². The third kappa shape index (κ3) is 8.28. The van der Waals surface area contributed by atoms with E-state index in [1.807, 2.05) is 34.6 Å². The summed E-state index contributed by atoms with van der Waals surface area (Å²) in [5.41, 5.74) is 0.629. The highest BCUT2D eigenvalue weighted by atomic mass is 16.6. The largest absolute Gasteiger partial charge is 0.392 e. The third-order valence-corrected chi connectivity index (χ3v) is 7.20. The Morgan fingerprint density at radius 2 is 1.85 bits per heavy atom. The number of hydrogen-bond acceptors (Lipinski definition) is 7. The Bertz CT molecular complexity index is 626. The lowest BCUT2D eigenvalue weighted by Crippen LogP contribution is -2.58. The molecule has 2 fully saturated rings. The van der Waals surface area contributed by atoms with Crippen molar-refractivity contribution in [2.24, 2.45) is 11.3 Å². The van der Waals surface area contributed by atoms with Gasteiger partial charge in [0.1, 0.15) is 6.10 Å². The quantitative estimate of drug-likeness (QED) is 0.360. The molecule has 0 bridgehead atoms. The molecular weight excluding hydrogens is 438 g/mol. The first-order chi connectivity index (χ1) is 16.0. The number of amides is 1. The van der Waals surface area contributed by atoms with Crippen molar-refractivity contribution < 1.29 is 33.6 Å². The number of carbonyl (C=O) groups is 1. The second-order valence-electron chi connectivity index (χ2n) is 9.83. The molecule has 2 heterocycles. The first-order valence-corrected chi connectivity index (χ1v) is 12.5. The van der Waals surface area contributed by atoms with Crippen molar-refractivity contribution in [3.8, 4) is 0 Å². The molecule has 2 aliphatic rings. The number of methoxy groups -OCH3 is 3. The molecule has 8 heteroatoms. The van der Waals surface area contributed by atoms with E-state index in [9.17, 15) is 9.90 Å². The minimum atomic E-state index is -0.678.